The molecular weight excluding hydrogens is 526 g/mol. The third-order valence-electron chi connectivity index (χ3n) is 6.54. The van der Waals surface area contributed by atoms with Crippen molar-refractivity contribution in [1.82, 2.24) is 5.32 Å². The predicted octanol–water partition coefficient (Wildman–Crippen LogP) is 1.20. The van der Waals surface area contributed by atoms with Gasteiger partial charge in [-0.1, -0.05) is 12.1 Å². The number of esters is 2. The number of amides is 1. The number of phenolic OH excluding ortho intramolecular Hbond substituents is 4. The van der Waals surface area contributed by atoms with E-state index in [1.807, 2.05) is 0 Å². The van der Waals surface area contributed by atoms with E-state index in [9.17, 15) is 45.0 Å². The van der Waals surface area contributed by atoms with Gasteiger partial charge in [-0.3, -0.25) is 4.79 Å². The van der Waals surface area contributed by atoms with E-state index in [2.05, 4.69) is 5.32 Å². The molecule has 0 radical (unpaired) electrons. The van der Waals surface area contributed by atoms with Crippen LogP contribution in [0.1, 0.15) is 36.8 Å². The van der Waals surface area contributed by atoms with Gasteiger partial charge in [0.2, 0.25) is 6.10 Å². The fourth-order valence-electron chi connectivity index (χ4n) is 4.19. The number of aliphatic hydroxyl groups is 2. The summed E-state index contributed by atoms with van der Waals surface area (Å²) in [4.78, 5) is 35.7. The zero-order valence-electron chi connectivity index (χ0n) is 21.2. The largest absolute Gasteiger partial charge is 0.510 e. The highest BCUT2D eigenvalue weighted by Crippen LogP contribution is 2.34. The smallest absolute Gasteiger partial charge is 0.504 e. The van der Waals surface area contributed by atoms with Crippen molar-refractivity contribution in [3.05, 3.63) is 59.7 Å². The topological polar surface area (TPSA) is 207 Å². The van der Waals surface area contributed by atoms with Crippen LogP contribution in [-0.4, -0.2) is 83.2 Å². The Morgan fingerprint density at radius 3 is 1.90 bits per heavy atom. The molecule has 2 aromatic rings. The van der Waals surface area contributed by atoms with Crippen molar-refractivity contribution in [1.29, 1.82) is 0 Å². The standard InChI is InChI=1S/C28H29NO11/c30-18-7-1-15(11-20(18)32)3-9-24(34)39-22-13-28(38,27(37)29-17-5-6-17)14-23(26(22)36)40-25(35)10-4-16-2-8-19(31)21(33)12-16/h1-4,7-12,17,22-23,26,30-33,36,38H,5-6,13-14H2,(H,29,37)/p+1/b9-3+,10-4+/t22?,23?,26?,28-. The first-order valence-corrected chi connectivity index (χ1v) is 12.5. The van der Waals surface area contributed by atoms with Crippen LogP contribution in [0.4, 0.5) is 0 Å². The van der Waals surface area contributed by atoms with E-state index in [1.165, 1.54) is 48.6 Å². The van der Waals surface area contributed by atoms with E-state index < -0.39 is 60.3 Å². The van der Waals surface area contributed by atoms with Gasteiger partial charge in [-0.05, 0) is 60.4 Å². The fourth-order valence-corrected chi connectivity index (χ4v) is 4.19. The number of carbonyl (C=O) groups is 2. The van der Waals surface area contributed by atoms with Crippen LogP contribution in [0.2, 0.25) is 0 Å². The lowest BCUT2D eigenvalue weighted by atomic mass is 9.78. The van der Waals surface area contributed by atoms with Gasteiger partial charge in [0.25, 0.3) is 5.91 Å². The normalized spacial score (nSPS) is 24.6. The van der Waals surface area contributed by atoms with Crippen molar-refractivity contribution in [3.63, 3.8) is 0 Å². The first kappa shape index (κ1) is 28.5. The van der Waals surface area contributed by atoms with Crippen LogP contribution in [-0.2, 0) is 19.1 Å². The molecular formula is C28H30NO11+. The maximum absolute atomic E-state index is 12.9. The number of carbonyl (C=O) groups excluding carboxylic acids is 3. The summed E-state index contributed by atoms with van der Waals surface area (Å²) in [6, 6.07) is 7.73. The Labute approximate surface area is 228 Å². The van der Waals surface area contributed by atoms with Gasteiger partial charge in [-0.25, -0.2) is 4.79 Å². The number of ether oxygens (including phenoxy) is 2. The van der Waals surface area contributed by atoms with Gasteiger partial charge in [0.15, 0.2) is 34.7 Å². The maximum Gasteiger partial charge on any atom is 0.510 e. The molecule has 0 aromatic heterocycles. The summed E-state index contributed by atoms with van der Waals surface area (Å²) < 4.78 is 10.8. The minimum absolute atomic E-state index is 0.0852. The number of rotatable bonds is 8. The molecule has 2 fully saturated rings. The summed E-state index contributed by atoms with van der Waals surface area (Å²) in [5, 5.41) is 62.8. The van der Waals surface area contributed by atoms with Crippen molar-refractivity contribution in [2.45, 2.75) is 55.6 Å². The van der Waals surface area contributed by atoms with Gasteiger partial charge >= 0.3 is 11.9 Å². The number of phenols is 4. The summed E-state index contributed by atoms with van der Waals surface area (Å²) in [5.41, 5.74) is -1.32. The molecule has 12 nitrogen and oxygen atoms in total. The van der Waals surface area contributed by atoms with E-state index in [1.54, 1.807) is 0 Å². The second-order valence-corrected chi connectivity index (χ2v) is 9.81. The van der Waals surface area contributed by atoms with Crippen LogP contribution in [0, 0.1) is 0 Å². The van der Waals surface area contributed by atoms with E-state index >= 15 is 0 Å². The van der Waals surface area contributed by atoms with Crippen molar-refractivity contribution in [2.24, 2.45) is 0 Å². The molecule has 8 N–H and O–H groups in total. The molecule has 0 heterocycles. The molecule has 0 aliphatic heterocycles. The molecule has 2 aliphatic rings. The molecule has 12 heteroatoms. The van der Waals surface area contributed by atoms with Gasteiger partial charge in [0.1, 0.15) is 6.10 Å². The van der Waals surface area contributed by atoms with Crippen LogP contribution in [0.3, 0.4) is 0 Å². The Hall–Kier alpha value is -4.55. The Kier molecular flexibility index (Phi) is 8.31. The molecule has 4 atom stereocenters. The summed E-state index contributed by atoms with van der Waals surface area (Å²) in [6.45, 7) is 0. The average Bonchev–Trinajstić information content (AvgIpc) is 3.72. The number of nitrogens with one attached hydrogen (secondary N) is 1. The van der Waals surface area contributed by atoms with Crippen LogP contribution < -0.4 is 5.32 Å². The number of aliphatic hydroxyl groups excluding tert-OH is 1. The molecule has 2 aromatic carbocycles. The molecule has 212 valence electrons. The van der Waals surface area contributed by atoms with Crippen LogP contribution in [0.15, 0.2) is 48.6 Å². The number of aromatic hydroxyl groups is 4. The Morgan fingerprint density at radius 1 is 0.850 bits per heavy atom. The van der Waals surface area contributed by atoms with E-state index in [0.717, 1.165) is 25.0 Å². The van der Waals surface area contributed by atoms with Crippen molar-refractivity contribution in [3.8, 4) is 23.0 Å². The Bertz CT molecular complexity index is 1260. The average molecular weight is 557 g/mol. The highest BCUT2D eigenvalue weighted by Gasteiger charge is 2.55. The second kappa shape index (κ2) is 11.7. The predicted molar refractivity (Wildman–Crippen MR) is 141 cm³/mol. The number of hydrogen-bond donors (Lipinski definition) is 7. The molecule has 0 spiro atoms. The summed E-state index contributed by atoms with van der Waals surface area (Å²) >= 11 is 0. The lowest BCUT2D eigenvalue weighted by Gasteiger charge is -2.39. The second-order valence-electron chi connectivity index (χ2n) is 9.81. The number of benzene rings is 2. The van der Waals surface area contributed by atoms with Crippen LogP contribution in [0.25, 0.3) is 12.2 Å². The van der Waals surface area contributed by atoms with Crippen molar-refractivity contribution >= 4 is 30.0 Å². The van der Waals surface area contributed by atoms with Crippen molar-refractivity contribution in [2.75, 3.05) is 0 Å². The molecule has 2 saturated carbocycles. The monoisotopic (exact) mass is 556 g/mol. The molecule has 40 heavy (non-hydrogen) atoms. The molecule has 2 aliphatic carbocycles. The van der Waals surface area contributed by atoms with Gasteiger partial charge in [-0.2, -0.15) is 0 Å². The SMILES string of the molecule is O=C(/C=C/c1ccc(O)c(O)c1)OC1C[C@](O)(C(=O)NC2CC2)CC(OC(=[OH+])/C=C/c2ccc(O)c(O)c2)C1O. The molecule has 3 unspecified atom stereocenters. The van der Waals surface area contributed by atoms with Crippen LogP contribution >= 0.6 is 0 Å². The van der Waals surface area contributed by atoms with E-state index in [0.29, 0.717) is 11.1 Å². The van der Waals surface area contributed by atoms with E-state index in [-0.39, 0.29) is 23.3 Å². The van der Waals surface area contributed by atoms with Gasteiger partial charge in [0, 0.05) is 18.5 Å². The molecule has 0 bridgehead atoms. The first-order chi connectivity index (χ1) is 18.9. The minimum Gasteiger partial charge on any atom is -0.504 e. The highest BCUT2D eigenvalue weighted by atomic mass is 16.6. The van der Waals surface area contributed by atoms with Crippen LogP contribution in [0.5, 0.6) is 23.0 Å². The lowest BCUT2D eigenvalue weighted by Crippen LogP contribution is -2.60. The highest BCUT2D eigenvalue weighted by molar-refractivity contribution is 5.89. The van der Waals surface area contributed by atoms with Gasteiger partial charge in [0.05, 0.1) is 12.5 Å². The molecule has 0 saturated heterocycles. The number of hydrogen-bond acceptors (Lipinski definition) is 10. The van der Waals surface area contributed by atoms with E-state index in [4.69, 9.17) is 9.47 Å². The summed E-state index contributed by atoms with van der Waals surface area (Å²) in [6.07, 6.45) is 1.11. The van der Waals surface area contributed by atoms with Gasteiger partial charge in [-0.15, -0.1) is 0 Å². The third kappa shape index (κ3) is 7.10. The Morgan fingerprint density at radius 2 is 1.38 bits per heavy atom. The lowest BCUT2D eigenvalue weighted by molar-refractivity contribution is -0.185. The molecule has 1 amide bonds. The Balaban J connectivity index is 1.47. The zero-order chi connectivity index (χ0) is 29.0. The quantitative estimate of drug-likeness (QED) is 0.107. The zero-order valence-corrected chi connectivity index (χ0v) is 21.2. The fraction of sp³-hybridized carbons (Fsp3) is 0.321. The third-order valence-corrected chi connectivity index (χ3v) is 6.54. The summed E-state index contributed by atoms with van der Waals surface area (Å²) in [5.74, 6) is -3.78. The summed E-state index contributed by atoms with van der Waals surface area (Å²) in [7, 11) is 0. The minimum atomic E-state index is -2.09. The first-order valence-electron chi connectivity index (χ1n) is 12.5. The van der Waals surface area contributed by atoms with Crippen molar-refractivity contribution < 1.29 is 54.5 Å². The molecule has 4 rings (SSSR count). The maximum atomic E-state index is 12.9. The van der Waals surface area contributed by atoms with Gasteiger partial charge < -0.3 is 50.2 Å².